The molecular weight excluding hydrogens is 1090 g/mol. The number of halogens is 25. The average Bonchev–Trinajstić information content (AvgIpc) is 3.22. The first-order valence-electron chi connectivity index (χ1n) is 19.0. The van der Waals surface area contributed by atoms with Crippen molar-refractivity contribution >= 4 is 43.9 Å². The zero-order chi connectivity index (χ0) is 53.7. The van der Waals surface area contributed by atoms with Gasteiger partial charge in [0.2, 0.25) is 6.20 Å². The van der Waals surface area contributed by atoms with Crippen LogP contribution in [0.25, 0.3) is 0 Å². The van der Waals surface area contributed by atoms with Crippen LogP contribution in [0.1, 0.15) is 50.1 Å². The number of hydrogen-bond donors (Lipinski definition) is 0. The molecule has 6 aromatic rings. The molecule has 71 heavy (non-hydrogen) atoms. The van der Waals surface area contributed by atoms with Gasteiger partial charge in [-0.05, 0) is 40.2 Å². The van der Waals surface area contributed by atoms with Gasteiger partial charge in [0, 0.05) is 5.56 Å². The van der Waals surface area contributed by atoms with E-state index in [4.69, 9.17) is 0 Å². The molecule has 28 heteroatoms. The van der Waals surface area contributed by atoms with Gasteiger partial charge in [0.15, 0.2) is 17.3 Å². The van der Waals surface area contributed by atoms with Gasteiger partial charge < -0.3 is 0 Å². The zero-order valence-electron chi connectivity index (χ0n) is 34.2. The highest BCUT2D eigenvalue weighted by Gasteiger charge is 2.47. The fraction of sp³-hybridized carbons (Fsp3) is 0.209. The van der Waals surface area contributed by atoms with Crippen LogP contribution < -0.4 is 26.4 Å². The van der Waals surface area contributed by atoms with Crippen LogP contribution in [0.2, 0.25) is 0 Å². The van der Waals surface area contributed by atoms with Gasteiger partial charge in [-0.3, -0.25) is 0 Å². The third-order valence-electron chi connectivity index (χ3n) is 10.4. The molecule has 5 aromatic carbocycles. The molecule has 382 valence electrons. The topological polar surface area (TPSA) is 16.8 Å². The first-order chi connectivity index (χ1) is 32.1. The molecule has 6 rings (SSSR count). The third-order valence-corrected chi connectivity index (χ3v) is 10.8. The smallest absolute Gasteiger partial charge is 0.237 e. The van der Waals surface area contributed by atoms with Crippen LogP contribution in [0.5, 0.6) is 0 Å². The Morgan fingerprint density at radius 3 is 0.817 bits per heavy atom. The van der Waals surface area contributed by atoms with Gasteiger partial charge in [-0.25, -0.2) is 4.98 Å². The summed E-state index contributed by atoms with van der Waals surface area (Å²) in [4.78, 5) is 4.08. The van der Waals surface area contributed by atoms with Crippen molar-refractivity contribution in [3.05, 3.63) is 176 Å². The number of alkyl halides is 24. The van der Waals surface area contributed by atoms with Crippen molar-refractivity contribution in [2.24, 2.45) is 0 Å². The number of rotatable bonds is 6. The third kappa shape index (κ3) is 13.3. The molecule has 0 radical (unpaired) electrons. The Morgan fingerprint density at radius 1 is 0.366 bits per heavy atom. The first kappa shape index (κ1) is 56.0. The molecule has 0 N–H and O–H groups in total. The van der Waals surface area contributed by atoms with E-state index in [0.29, 0.717) is 0 Å². The minimum Gasteiger partial charge on any atom is -0.237 e. The standard InChI is InChI=1S/C32H12BF24.C11H10BrN2/c34-25(35,36)13-1-14(26(37,38)39)6-21(5-13)33(22-7-15(27(40,41)42)2-16(8-22)28(43,44)45,23-9-17(29(46,47)48)3-18(10-23)30(49,50)51)24-11-19(31(52,53)54)4-20(12-24)32(55,56)57;12-11-9-14(7-6-13-11)8-10-4-2-1-3-5-10/h1-12H;1-7,9H,8H2/q-1;+1. The molecule has 0 aliphatic heterocycles. The summed E-state index contributed by atoms with van der Waals surface area (Å²) >= 11 is 3.34. The highest BCUT2D eigenvalue weighted by molar-refractivity contribution is 9.10. The van der Waals surface area contributed by atoms with Gasteiger partial charge >= 0.3 is 49.4 Å². The highest BCUT2D eigenvalue weighted by atomic mass is 79.9. The molecule has 0 amide bonds. The van der Waals surface area contributed by atoms with Crippen LogP contribution in [0.15, 0.2) is 126 Å². The maximum atomic E-state index is 14.2. The monoisotopic (exact) mass is 1110 g/mol. The number of benzene rings is 5. The lowest BCUT2D eigenvalue weighted by atomic mass is 9.12. The van der Waals surface area contributed by atoms with E-state index in [2.05, 4.69) is 37.6 Å². The molecule has 0 bridgehead atoms. The van der Waals surface area contributed by atoms with Gasteiger partial charge in [0.1, 0.15) is 6.15 Å². The highest BCUT2D eigenvalue weighted by Crippen LogP contribution is 2.41. The molecule has 0 aliphatic rings. The molecule has 0 atom stereocenters. The Kier molecular flexibility index (Phi) is 15.2. The van der Waals surface area contributed by atoms with Crippen molar-refractivity contribution in [2.45, 2.75) is 56.0 Å². The molecule has 0 fully saturated rings. The van der Waals surface area contributed by atoms with E-state index in [-0.39, 0.29) is 0 Å². The molecular formula is C43H22BBrF24N2. The second-order valence-electron chi connectivity index (χ2n) is 15.3. The van der Waals surface area contributed by atoms with E-state index in [0.717, 1.165) is 11.1 Å². The Labute approximate surface area is 390 Å². The fourth-order valence-electron chi connectivity index (χ4n) is 7.37. The minimum absolute atomic E-state index is 0.691. The van der Waals surface area contributed by atoms with Crippen LogP contribution in [-0.4, -0.2) is 11.1 Å². The summed E-state index contributed by atoms with van der Waals surface area (Å²) in [5.41, 5.74) is -28.9. The lowest BCUT2D eigenvalue weighted by Crippen LogP contribution is -2.75. The van der Waals surface area contributed by atoms with E-state index >= 15 is 0 Å². The Bertz CT molecular complexity index is 2420. The Hall–Kier alpha value is -5.96. The van der Waals surface area contributed by atoms with Crippen molar-refractivity contribution in [1.82, 2.24) is 4.98 Å². The fourth-order valence-corrected chi connectivity index (χ4v) is 7.75. The predicted octanol–water partition coefficient (Wildman–Crippen LogP) is 13.4. The van der Waals surface area contributed by atoms with Crippen LogP contribution in [0.4, 0.5) is 105 Å². The molecule has 0 saturated carbocycles. The maximum Gasteiger partial charge on any atom is 0.416 e. The van der Waals surface area contributed by atoms with Crippen molar-refractivity contribution < 1.29 is 110 Å². The van der Waals surface area contributed by atoms with Gasteiger partial charge in [-0.2, -0.15) is 132 Å². The molecule has 0 unspecified atom stereocenters. The van der Waals surface area contributed by atoms with Gasteiger partial charge in [-0.15, -0.1) is 0 Å². The summed E-state index contributed by atoms with van der Waals surface area (Å²) < 4.78 is 344. The molecule has 1 aromatic heterocycles. The van der Waals surface area contributed by atoms with E-state index in [1.165, 1.54) is 5.56 Å². The largest absolute Gasteiger partial charge is 0.416 e. The Morgan fingerprint density at radius 2 is 0.606 bits per heavy atom. The summed E-state index contributed by atoms with van der Waals surface area (Å²) in [6.07, 6.45) is -49.1. The van der Waals surface area contributed by atoms with Crippen molar-refractivity contribution in [1.29, 1.82) is 0 Å². The predicted molar refractivity (Wildman–Crippen MR) is 208 cm³/mol. The summed E-state index contributed by atoms with van der Waals surface area (Å²) in [6.45, 7) is 0.877. The molecule has 0 saturated heterocycles. The SMILES string of the molecule is Brc1c[n+](Cc2ccccc2)ccn1.FC(F)(F)c1cc([B-](c2cc(C(F)(F)F)cc(C(F)(F)F)c2)(c2cc(C(F)(F)F)cc(C(F)(F)F)c2)c2cc(C(F)(F)F)cc(C(F)(F)F)c2)cc(C(F)(F)F)c1. The minimum atomic E-state index is -6.13. The van der Waals surface area contributed by atoms with Crippen molar-refractivity contribution in [3.8, 4) is 0 Å². The second kappa shape index (κ2) is 19.2. The number of nitrogens with zero attached hydrogens (tertiary/aromatic N) is 2. The zero-order valence-corrected chi connectivity index (χ0v) is 35.8. The molecule has 0 spiro atoms. The normalized spacial score (nSPS) is 13.5. The van der Waals surface area contributed by atoms with E-state index < -0.39 is 195 Å². The van der Waals surface area contributed by atoms with E-state index in [9.17, 15) is 105 Å². The average molecular weight is 1110 g/mol. The summed E-state index contributed by atoms with van der Waals surface area (Å²) in [5.74, 6) is 0. The van der Waals surface area contributed by atoms with Gasteiger partial charge in [0.25, 0.3) is 0 Å². The van der Waals surface area contributed by atoms with Gasteiger partial charge in [-0.1, -0.05) is 78.9 Å². The summed E-state index contributed by atoms with van der Waals surface area (Å²) in [5, 5.41) is 0. The van der Waals surface area contributed by atoms with E-state index in [1.54, 1.807) is 6.20 Å². The Balaban J connectivity index is 0.000000569. The molecule has 1 heterocycles. The van der Waals surface area contributed by atoms with Crippen LogP contribution in [0.3, 0.4) is 0 Å². The molecule has 0 aliphatic carbocycles. The van der Waals surface area contributed by atoms with E-state index in [1.807, 2.05) is 30.6 Å². The summed E-state index contributed by atoms with van der Waals surface area (Å²) in [6, 6.07) is 1.53. The quantitative estimate of drug-likeness (QED) is 0.0923. The lowest BCUT2D eigenvalue weighted by Gasteiger charge is -2.46. The number of aromatic nitrogens is 2. The number of hydrogen-bond acceptors (Lipinski definition) is 1. The van der Waals surface area contributed by atoms with Crippen LogP contribution in [0, 0.1) is 0 Å². The molecule has 2 nitrogen and oxygen atoms in total. The van der Waals surface area contributed by atoms with Crippen molar-refractivity contribution in [3.63, 3.8) is 0 Å². The lowest BCUT2D eigenvalue weighted by molar-refractivity contribution is -0.689. The van der Waals surface area contributed by atoms with Crippen LogP contribution in [-0.2, 0) is 56.0 Å². The van der Waals surface area contributed by atoms with Crippen molar-refractivity contribution in [2.75, 3.05) is 0 Å². The first-order valence-corrected chi connectivity index (χ1v) is 19.8. The second-order valence-corrected chi connectivity index (χ2v) is 16.1. The van der Waals surface area contributed by atoms with Gasteiger partial charge in [0.05, 0.1) is 50.7 Å². The van der Waals surface area contributed by atoms with Crippen LogP contribution >= 0.6 is 15.9 Å². The maximum absolute atomic E-state index is 14.2. The summed E-state index contributed by atoms with van der Waals surface area (Å²) in [7, 11) is 0.